The Labute approximate surface area is 184 Å². The van der Waals surface area contributed by atoms with Crippen molar-refractivity contribution in [2.24, 2.45) is 0 Å². The molecule has 0 spiro atoms. The maximum atomic E-state index is 6.21. The van der Waals surface area contributed by atoms with Crippen molar-refractivity contribution in [2.45, 2.75) is 51.9 Å². The summed E-state index contributed by atoms with van der Waals surface area (Å²) in [6.07, 6.45) is 6.63. The van der Waals surface area contributed by atoms with E-state index >= 15 is 0 Å². The zero-order valence-electron chi connectivity index (χ0n) is 17.8. The van der Waals surface area contributed by atoms with Gasteiger partial charge in [0.15, 0.2) is 0 Å². The fourth-order valence-corrected chi connectivity index (χ4v) is 5.81. The van der Waals surface area contributed by atoms with Gasteiger partial charge >= 0.3 is 0 Å². The van der Waals surface area contributed by atoms with Crippen LogP contribution in [0.2, 0.25) is 0 Å². The molecule has 0 aromatic carbocycles. The van der Waals surface area contributed by atoms with Crippen LogP contribution in [0.4, 0.5) is 11.6 Å². The molecule has 0 radical (unpaired) electrons. The fourth-order valence-electron chi connectivity index (χ4n) is 4.69. The van der Waals surface area contributed by atoms with Gasteiger partial charge in [0.2, 0.25) is 0 Å². The van der Waals surface area contributed by atoms with Crippen molar-refractivity contribution < 1.29 is 9.15 Å². The molecule has 2 aliphatic rings. The van der Waals surface area contributed by atoms with E-state index in [4.69, 9.17) is 19.1 Å². The Morgan fingerprint density at radius 1 is 1.19 bits per heavy atom. The number of rotatable bonds is 4. The molecule has 4 aromatic rings. The number of nitrogens with one attached hydrogen (secondary N) is 1. The molecule has 0 amide bonds. The molecular formula is C23H25N5O2S. The first-order chi connectivity index (χ1) is 15.1. The number of ether oxygens (including phenoxy) is 1. The van der Waals surface area contributed by atoms with Crippen molar-refractivity contribution in [2.75, 3.05) is 23.3 Å². The van der Waals surface area contributed by atoms with Crippen LogP contribution in [0.1, 0.15) is 43.6 Å². The third kappa shape index (κ3) is 3.25. The third-order valence-electron chi connectivity index (χ3n) is 6.22. The summed E-state index contributed by atoms with van der Waals surface area (Å²) in [5, 5.41) is 4.58. The zero-order valence-corrected chi connectivity index (χ0v) is 18.6. The van der Waals surface area contributed by atoms with E-state index in [9.17, 15) is 0 Å². The summed E-state index contributed by atoms with van der Waals surface area (Å²) in [5.74, 6) is 2.80. The van der Waals surface area contributed by atoms with Gasteiger partial charge in [0.25, 0.3) is 0 Å². The molecule has 0 atom stereocenters. The standard InChI is InChI=1S/C23H25N5O2S/c1-23(2)10-15-16(12-30-23)21(28-7-3-4-8-28)27-22-17(15)18-19(31-22)20(26-13-25-18)24-11-14-6-5-9-29-14/h5-6,9,13H,3-4,7-8,10-12H2,1-2H3,(H,24,25,26). The highest BCUT2D eigenvalue weighted by atomic mass is 32.1. The highest BCUT2D eigenvalue weighted by molar-refractivity contribution is 7.26. The van der Waals surface area contributed by atoms with Gasteiger partial charge in [0.05, 0.1) is 35.2 Å². The molecule has 8 heteroatoms. The van der Waals surface area contributed by atoms with E-state index in [1.54, 1.807) is 23.9 Å². The molecule has 7 nitrogen and oxygen atoms in total. The molecule has 1 saturated heterocycles. The Morgan fingerprint density at radius 3 is 2.87 bits per heavy atom. The lowest BCUT2D eigenvalue weighted by atomic mass is 9.90. The number of hydrogen-bond acceptors (Lipinski definition) is 8. The normalized spacial score (nSPS) is 18.1. The number of aromatic nitrogens is 3. The monoisotopic (exact) mass is 435 g/mol. The van der Waals surface area contributed by atoms with Gasteiger partial charge in [0.1, 0.15) is 28.6 Å². The van der Waals surface area contributed by atoms with Gasteiger partial charge in [-0.05, 0) is 44.4 Å². The topological polar surface area (TPSA) is 76.3 Å². The van der Waals surface area contributed by atoms with Gasteiger partial charge in [0, 0.05) is 30.5 Å². The number of anilines is 2. The van der Waals surface area contributed by atoms with Gasteiger partial charge in [-0.25, -0.2) is 15.0 Å². The molecule has 0 bridgehead atoms. The zero-order chi connectivity index (χ0) is 21.0. The Kier molecular flexibility index (Phi) is 4.40. The molecule has 160 valence electrons. The molecule has 0 aliphatic carbocycles. The van der Waals surface area contributed by atoms with Crippen LogP contribution < -0.4 is 10.2 Å². The summed E-state index contributed by atoms with van der Waals surface area (Å²) < 4.78 is 12.7. The maximum absolute atomic E-state index is 6.21. The van der Waals surface area contributed by atoms with Crippen LogP contribution in [0.25, 0.3) is 20.4 Å². The smallest absolute Gasteiger partial charge is 0.147 e. The SMILES string of the molecule is CC1(C)Cc2c(c(N3CCCC3)nc3sc4c(NCc5ccco5)ncnc4c23)CO1. The Balaban J connectivity index is 1.53. The Morgan fingerprint density at radius 2 is 2.06 bits per heavy atom. The summed E-state index contributed by atoms with van der Waals surface area (Å²) >= 11 is 1.67. The minimum atomic E-state index is -0.203. The van der Waals surface area contributed by atoms with Crippen molar-refractivity contribution in [3.63, 3.8) is 0 Å². The molecule has 0 saturated carbocycles. The maximum Gasteiger partial charge on any atom is 0.147 e. The van der Waals surface area contributed by atoms with E-state index in [0.29, 0.717) is 13.2 Å². The van der Waals surface area contributed by atoms with Gasteiger partial charge in [-0.3, -0.25) is 0 Å². The van der Waals surface area contributed by atoms with Gasteiger partial charge < -0.3 is 19.4 Å². The number of pyridine rings is 1. The summed E-state index contributed by atoms with van der Waals surface area (Å²) in [7, 11) is 0. The molecule has 2 aliphatic heterocycles. The lowest BCUT2D eigenvalue weighted by Gasteiger charge is -2.34. The van der Waals surface area contributed by atoms with E-state index in [1.807, 2.05) is 12.1 Å². The Hall–Kier alpha value is -2.71. The van der Waals surface area contributed by atoms with E-state index in [2.05, 4.69) is 29.0 Å². The number of hydrogen-bond donors (Lipinski definition) is 1. The predicted octanol–water partition coefficient (Wildman–Crippen LogP) is 4.90. The molecule has 1 fully saturated rings. The predicted molar refractivity (Wildman–Crippen MR) is 123 cm³/mol. The summed E-state index contributed by atoms with van der Waals surface area (Å²) in [5.41, 5.74) is 3.35. The average Bonchev–Trinajstić information content (AvgIpc) is 3.51. The number of nitrogens with zero attached hydrogens (tertiary/aromatic N) is 4. The second kappa shape index (κ2) is 7.17. The highest BCUT2D eigenvalue weighted by Crippen LogP contribution is 2.44. The molecule has 6 heterocycles. The first kappa shape index (κ1) is 19.0. The third-order valence-corrected chi connectivity index (χ3v) is 7.30. The van der Waals surface area contributed by atoms with E-state index < -0.39 is 0 Å². The summed E-state index contributed by atoms with van der Waals surface area (Å²) in [4.78, 5) is 17.8. The first-order valence-corrected chi connectivity index (χ1v) is 11.6. The van der Waals surface area contributed by atoms with Gasteiger partial charge in [-0.1, -0.05) is 0 Å². The number of fused-ring (bicyclic) bond motifs is 5. The average molecular weight is 436 g/mol. The van der Waals surface area contributed by atoms with Crippen molar-refractivity contribution in [1.82, 2.24) is 15.0 Å². The second-order valence-electron chi connectivity index (χ2n) is 8.93. The van der Waals surface area contributed by atoms with E-state index in [-0.39, 0.29) is 5.60 Å². The quantitative estimate of drug-likeness (QED) is 0.489. The highest BCUT2D eigenvalue weighted by Gasteiger charge is 2.33. The van der Waals surface area contributed by atoms with Crippen LogP contribution in [0.15, 0.2) is 29.1 Å². The fraction of sp³-hybridized carbons (Fsp3) is 0.435. The van der Waals surface area contributed by atoms with Crippen LogP contribution in [0.3, 0.4) is 0 Å². The van der Waals surface area contributed by atoms with Crippen LogP contribution in [0.5, 0.6) is 0 Å². The molecule has 0 unspecified atom stereocenters. The summed E-state index contributed by atoms with van der Waals surface area (Å²) in [6.45, 7) is 7.64. The van der Waals surface area contributed by atoms with Crippen LogP contribution in [-0.4, -0.2) is 33.6 Å². The molecule has 6 rings (SSSR count). The number of thiophene rings is 1. The lowest BCUT2D eigenvalue weighted by Crippen LogP contribution is -2.33. The lowest BCUT2D eigenvalue weighted by molar-refractivity contribution is -0.0395. The van der Waals surface area contributed by atoms with Crippen molar-refractivity contribution >= 4 is 43.4 Å². The van der Waals surface area contributed by atoms with Crippen LogP contribution in [-0.2, 0) is 24.3 Å². The largest absolute Gasteiger partial charge is 0.467 e. The molecule has 31 heavy (non-hydrogen) atoms. The molecular weight excluding hydrogens is 410 g/mol. The van der Waals surface area contributed by atoms with Crippen LogP contribution >= 0.6 is 11.3 Å². The van der Waals surface area contributed by atoms with Crippen molar-refractivity contribution in [3.05, 3.63) is 41.6 Å². The second-order valence-corrected chi connectivity index (χ2v) is 9.93. The van der Waals surface area contributed by atoms with E-state index in [1.165, 1.54) is 24.0 Å². The minimum absolute atomic E-state index is 0.203. The van der Waals surface area contributed by atoms with Crippen molar-refractivity contribution in [3.8, 4) is 0 Å². The minimum Gasteiger partial charge on any atom is -0.467 e. The molecule has 1 N–H and O–H groups in total. The Bertz CT molecular complexity index is 1260. The van der Waals surface area contributed by atoms with E-state index in [0.717, 1.165) is 57.3 Å². The first-order valence-electron chi connectivity index (χ1n) is 10.8. The van der Waals surface area contributed by atoms with Crippen molar-refractivity contribution in [1.29, 1.82) is 0 Å². The number of furan rings is 1. The molecule has 4 aromatic heterocycles. The summed E-state index contributed by atoms with van der Waals surface area (Å²) in [6, 6.07) is 3.85. The van der Waals surface area contributed by atoms with Gasteiger partial charge in [-0.15, -0.1) is 11.3 Å². The van der Waals surface area contributed by atoms with Gasteiger partial charge in [-0.2, -0.15) is 0 Å². The van der Waals surface area contributed by atoms with Crippen LogP contribution in [0, 0.1) is 0 Å².